The lowest BCUT2D eigenvalue weighted by Crippen LogP contribution is -2.13. The number of hydrogen-bond donors (Lipinski definition) is 1. The Balaban J connectivity index is 0.000000980. The summed E-state index contributed by atoms with van der Waals surface area (Å²) in [5.41, 5.74) is 1.06. The van der Waals surface area contributed by atoms with Crippen molar-refractivity contribution in [1.29, 1.82) is 0 Å². The Labute approximate surface area is 100 Å². The third-order valence-corrected chi connectivity index (χ3v) is 3.07. The highest BCUT2D eigenvalue weighted by molar-refractivity contribution is 6.36. The summed E-state index contributed by atoms with van der Waals surface area (Å²) in [5, 5.41) is 4.93. The van der Waals surface area contributed by atoms with E-state index in [2.05, 4.69) is 5.32 Å². The molecule has 1 atom stereocenters. The molecule has 0 radical (unpaired) electrons. The van der Waals surface area contributed by atoms with Gasteiger partial charge in [0, 0.05) is 21.7 Å². The van der Waals surface area contributed by atoms with Crippen LogP contribution in [0.1, 0.15) is 24.4 Å². The molecule has 1 aliphatic rings. The molecule has 14 heavy (non-hydrogen) atoms. The highest BCUT2D eigenvalue weighted by Crippen LogP contribution is 2.34. The van der Waals surface area contributed by atoms with Crippen LogP contribution >= 0.6 is 35.6 Å². The summed E-state index contributed by atoms with van der Waals surface area (Å²) in [7, 11) is 0. The van der Waals surface area contributed by atoms with Crippen LogP contribution in [0.3, 0.4) is 0 Å². The zero-order valence-corrected chi connectivity index (χ0v) is 9.92. The fraction of sp³-hybridized carbons (Fsp3) is 0.400. The minimum Gasteiger partial charge on any atom is -0.310 e. The molecule has 1 heterocycles. The molecular formula is C10H12Cl3N. The van der Waals surface area contributed by atoms with E-state index < -0.39 is 0 Å². The maximum atomic E-state index is 6.09. The van der Waals surface area contributed by atoms with Crippen molar-refractivity contribution in [3.05, 3.63) is 33.8 Å². The molecule has 4 heteroatoms. The van der Waals surface area contributed by atoms with Crippen molar-refractivity contribution in [3.63, 3.8) is 0 Å². The van der Waals surface area contributed by atoms with Crippen LogP contribution in [0.25, 0.3) is 0 Å². The van der Waals surface area contributed by atoms with Gasteiger partial charge in [0.15, 0.2) is 0 Å². The van der Waals surface area contributed by atoms with E-state index in [9.17, 15) is 0 Å². The molecule has 1 aliphatic heterocycles. The highest BCUT2D eigenvalue weighted by atomic mass is 35.5. The van der Waals surface area contributed by atoms with E-state index in [1.165, 1.54) is 6.42 Å². The smallest absolute Gasteiger partial charge is 0.0468 e. The molecule has 0 saturated carbocycles. The maximum Gasteiger partial charge on any atom is 0.0468 e. The fourth-order valence-electron chi connectivity index (χ4n) is 1.77. The van der Waals surface area contributed by atoms with Gasteiger partial charge in [-0.15, -0.1) is 12.4 Å². The molecule has 1 aromatic rings. The number of benzene rings is 1. The Hall–Kier alpha value is 0.0500. The van der Waals surface area contributed by atoms with E-state index in [1.807, 2.05) is 18.2 Å². The summed E-state index contributed by atoms with van der Waals surface area (Å²) >= 11 is 12.2. The summed E-state index contributed by atoms with van der Waals surface area (Å²) in [6.07, 6.45) is 2.33. The Morgan fingerprint density at radius 3 is 2.36 bits per heavy atom. The Morgan fingerprint density at radius 1 is 1.21 bits per heavy atom. The summed E-state index contributed by atoms with van der Waals surface area (Å²) in [6.45, 7) is 1.06. The van der Waals surface area contributed by atoms with Crippen LogP contribution < -0.4 is 5.32 Å². The lowest BCUT2D eigenvalue weighted by Gasteiger charge is -2.13. The van der Waals surface area contributed by atoms with Gasteiger partial charge in [-0.2, -0.15) is 0 Å². The Morgan fingerprint density at radius 2 is 1.86 bits per heavy atom. The van der Waals surface area contributed by atoms with Gasteiger partial charge in [-0.3, -0.25) is 0 Å². The second-order valence-electron chi connectivity index (χ2n) is 3.28. The lowest BCUT2D eigenvalue weighted by atomic mass is 10.1. The molecule has 1 N–H and O–H groups in total. The van der Waals surface area contributed by atoms with Gasteiger partial charge in [0.2, 0.25) is 0 Å². The Kier molecular flexibility index (Phi) is 4.52. The molecule has 1 saturated heterocycles. The molecule has 1 aromatic carbocycles. The third kappa shape index (κ3) is 2.34. The maximum absolute atomic E-state index is 6.09. The molecular weight excluding hydrogens is 240 g/mol. The first-order valence-electron chi connectivity index (χ1n) is 4.46. The van der Waals surface area contributed by atoms with Gasteiger partial charge in [0.05, 0.1) is 0 Å². The van der Waals surface area contributed by atoms with Crippen LogP contribution in [-0.2, 0) is 0 Å². The van der Waals surface area contributed by atoms with Crippen LogP contribution in [0.5, 0.6) is 0 Å². The van der Waals surface area contributed by atoms with Gasteiger partial charge in [-0.25, -0.2) is 0 Å². The topological polar surface area (TPSA) is 12.0 Å². The van der Waals surface area contributed by atoms with E-state index in [0.29, 0.717) is 6.04 Å². The van der Waals surface area contributed by atoms with E-state index in [1.54, 1.807) is 0 Å². The van der Waals surface area contributed by atoms with Crippen LogP contribution in [-0.4, -0.2) is 6.54 Å². The molecule has 78 valence electrons. The summed E-state index contributed by atoms with van der Waals surface area (Å²) in [4.78, 5) is 0. The van der Waals surface area contributed by atoms with E-state index in [4.69, 9.17) is 23.2 Å². The molecule has 1 nitrogen and oxygen atoms in total. The first-order chi connectivity index (χ1) is 6.29. The molecule has 0 spiro atoms. The van der Waals surface area contributed by atoms with Crippen molar-refractivity contribution in [3.8, 4) is 0 Å². The molecule has 1 fully saturated rings. The zero-order chi connectivity index (χ0) is 9.26. The standard InChI is InChI=1S/C10H11Cl2N.ClH/c11-7-3-1-4-8(12)10(7)9-5-2-6-13-9;/h1,3-4,9,13H,2,5-6H2;1H/t9-;/m1./s1. The number of hydrogen-bond acceptors (Lipinski definition) is 1. The van der Waals surface area contributed by atoms with Crippen LogP contribution in [0.4, 0.5) is 0 Å². The second kappa shape index (κ2) is 5.22. The van der Waals surface area contributed by atoms with Gasteiger partial charge in [-0.1, -0.05) is 29.3 Å². The molecule has 0 bridgehead atoms. The fourth-order valence-corrected chi connectivity index (χ4v) is 2.44. The van der Waals surface area contributed by atoms with Crippen molar-refractivity contribution in [1.82, 2.24) is 5.32 Å². The lowest BCUT2D eigenvalue weighted by molar-refractivity contribution is 0.648. The van der Waals surface area contributed by atoms with E-state index in [0.717, 1.165) is 28.6 Å². The van der Waals surface area contributed by atoms with Crippen molar-refractivity contribution in [2.24, 2.45) is 0 Å². The normalized spacial score (nSPS) is 20.6. The largest absolute Gasteiger partial charge is 0.310 e. The molecule has 0 aliphatic carbocycles. The average Bonchev–Trinajstić information content (AvgIpc) is 2.57. The predicted molar refractivity (Wildman–Crippen MR) is 63.7 cm³/mol. The number of nitrogens with one attached hydrogen (secondary N) is 1. The molecule has 0 aromatic heterocycles. The highest BCUT2D eigenvalue weighted by Gasteiger charge is 2.20. The van der Waals surface area contributed by atoms with Crippen LogP contribution in [0, 0.1) is 0 Å². The van der Waals surface area contributed by atoms with Crippen molar-refractivity contribution >= 4 is 35.6 Å². The monoisotopic (exact) mass is 251 g/mol. The number of halogens is 3. The van der Waals surface area contributed by atoms with Gasteiger partial charge >= 0.3 is 0 Å². The second-order valence-corrected chi connectivity index (χ2v) is 4.10. The molecule has 0 unspecified atom stereocenters. The summed E-state index contributed by atoms with van der Waals surface area (Å²) < 4.78 is 0. The zero-order valence-electron chi connectivity index (χ0n) is 7.59. The van der Waals surface area contributed by atoms with Gasteiger partial charge in [-0.05, 0) is 31.5 Å². The van der Waals surface area contributed by atoms with Crippen molar-refractivity contribution < 1.29 is 0 Å². The van der Waals surface area contributed by atoms with Gasteiger partial charge < -0.3 is 5.32 Å². The van der Waals surface area contributed by atoms with E-state index >= 15 is 0 Å². The predicted octanol–water partition coefficient (Wildman–Crippen LogP) is 3.84. The molecule has 0 amide bonds. The third-order valence-electron chi connectivity index (χ3n) is 2.41. The SMILES string of the molecule is Cl.Clc1cccc(Cl)c1[C@H]1CCCN1. The first-order valence-corrected chi connectivity index (χ1v) is 5.22. The minimum atomic E-state index is 0. The van der Waals surface area contributed by atoms with Crippen molar-refractivity contribution in [2.45, 2.75) is 18.9 Å². The van der Waals surface area contributed by atoms with E-state index in [-0.39, 0.29) is 12.4 Å². The van der Waals surface area contributed by atoms with Gasteiger partial charge in [0.25, 0.3) is 0 Å². The minimum absolute atomic E-state index is 0. The quantitative estimate of drug-likeness (QED) is 0.801. The van der Waals surface area contributed by atoms with Crippen LogP contribution in [0.15, 0.2) is 18.2 Å². The van der Waals surface area contributed by atoms with Crippen molar-refractivity contribution in [2.75, 3.05) is 6.54 Å². The molecule has 2 rings (SSSR count). The summed E-state index contributed by atoms with van der Waals surface area (Å²) in [6, 6.07) is 6.01. The van der Waals surface area contributed by atoms with Crippen LogP contribution in [0.2, 0.25) is 10.0 Å². The average molecular weight is 253 g/mol. The van der Waals surface area contributed by atoms with Gasteiger partial charge in [0.1, 0.15) is 0 Å². The number of rotatable bonds is 1. The Bertz CT molecular complexity index is 288. The first kappa shape index (κ1) is 12.1. The summed E-state index contributed by atoms with van der Waals surface area (Å²) in [5.74, 6) is 0.